The molecule has 0 amide bonds. The molecule has 0 N–H and O–H groups in total. The van der Waals surface area contributed by atoms with Crippen molar-refractivity contribution < 1.29 is 0 Å². The van der Waals surface area contributed by atoms with Gasteiger partial charge in [-0.3, -0.25) is 4.98 Å². The molecule has 0 radical (unpaired) electrons. The first kappa shape index (κ1) is 12.3. The van der Waals surface area contributed by atoms with Gasteiger partial charge >= 0.3 is 0 Å². The van der Waals surface area contributed by atoms with Gasteiger partial charge in [0.15, 0.2) is 5.69 Å². The van der Waals surface area contributed by atoms with E-state index in [0.717, 1.165) is 17.7 Å². The van der Waals surface area contributed by atoms with Crippen molar-refractivity contribution in [3.63, 3.8) is 0 Å². The van der Waals surface area contributed by atoms with Gasteiger partial charge < -0.3 is 0 Å². The molecule has 0 bridgehead atoms. The van der Waals surface area contributed by atoms with E-state index < -0.39 is 0 Å². The van der Waals surface area contributed by atoms with Gasteiger partial charge in [0.25, 0.3) is 0 Å². The summed E-state index contributed by atoms with van der Waals surface area (Å²) in [4.78, 5) is 7.84. The van der Waals surface area contributed by atoms with Crippen LogP contribution in [-0.4, -0.2) is 4.98 Å². The topological polar surface area (TPSA) is 17.2 Å². The van der Waals surface area contributed by atoms with Gasteiger partial charge in [-0.1, -0.05) is 32.0 Å². The van der Waals surface area contributed by atoms with E-state index in [1.807, 2.05) is 30.5 Å². The molecule has 1 aromatic heterocycles. The Morgan fingerprint density at radius 1 is 1.22 bits per heavy atom. The predicted molar refractivity (Wildman–Crippen MR) is 74.5 cm³/mol. The third-order valence-corrected chi connectivity index (χ3v) is 2.74. The first-order valence-corrected chi connectivity index (χ1v) is 6.12. The van der Waals surface area contributed by atoms with Crippen molar-refractivity contribution in [2.45, 2.75) is 20.3 Å². The number of rotatable bonds is 3. The molecule has 0 atom stereocenters. The molecular formula is C16H16N2. The van der Waals surface area contributed by atoms with Gasteiger partial charge in [-0.25, -0.2) is 4.85 Å². The molecule has 0 saturated carbocycles. The maximum absolute atomic E-state index is 7.04. The fourth-order valence-corrected chi connectivity index (χ4v) is 1.97. The zero-order valence-corrected chi connectivity index (χ0v) is 10.7. The van der Waals surface area contributed by atoms with E-state index in [9.17, 15) is 0 Å². The van der Waals surface area contributed by atoms with Crippen molar-refractivity contribution in [3.8, 4) is 11.3 Å². The molecule has 0 spiro atoms. The predicted octanol–water partition coefficient (Wildman–Crippen LogP) is 4.50. The molecule has 1 aromatic carbocycles. The second-order valence-electron chi connectivity index (χ2n) is 4.81. The number of aromatic nitrogens is 1. The van der Waals surface area contributed by atoms with Crippen LogP contribution in [0.4, 0.5) is 5.69 Å². The van der Waals surface area contributed by atoms with Crippen LogP contribution in [0.2, 0.25) is 0 Å². The van der Waals surface area contributed by atoms with E-state index in [1.54, 1.807) is 0 Å². The van der Waals surface area contributed by atoms with Crippen molar-refractivity contribution in [2.24, 2.45) is 5.92 Å². The van der Waals surface area contributed by atoms with Crippen molar-refractivity contribution in [1.29, 1.82) is 0 Å². The highest BCUT2D eigenvalue weighted by molar-refractivity contribution is 5.65. The Hall–Kier alpha value is -2.14. The largest absolute Gasteiger partial charge is 0.256 e. The molecule has 2 heteroatoms. The lowest BCUT2D eigenvalue weighted by Crippen LogP contribution is -1.95. The van der Waals surface area contributed by atoms with Gasteiger partial charge in [0.1, 0.15) is 0 Å². The lowest BCUT2D eigenvalue weighted by molar-refractivity contribution is 0.647. The van der Waals surface area contributed by atoms with Gasteiger partial charge in [-0.2, -0.15) is 0 Å². The zero-order valence-electron chi connectivity index (χ0n) is 10.7. The van der Waals surface area contributed by atoms with E-state index in [4.69, 9.17) is 6.57 Å². The summed E-state index contributed by atoms with van der Waals surface area (Å²) < 4.78 is 0. The smallest absolute Gasteiger partial charge is 0.187 e. The average molecular weight is 236 g/mol. The molecule has 0 fully saturated rings. The van der Waals surface area contributed by atoms with Crippen molar-refractivity contribution in [2.75, 3.05) is 0 Å². The Bertz CT molecular complexity index is 580. The Morgan fingerprint density at radius 3 is 2.78 bits per heavy atom. The van der Waals surface area contributed by atoms with Crippen LogP contribution in [0.5, 0.6) is 0 Å². The first-order chi connectivity index (χ1) is 8.69. The highest BCUT2D eigenvalue weighted by Gasteiger charge is 2.03. The van der Waals surface area contributed by atoms with Crippen LogP contribution in [0.3, 0.4) is 0 Å². The minimum absolute atomic E-state index is 0.634. The van der Waals surface area contributed by atoms with Crippen molar-refractivity contribution in [3.05, 3.63) is 59.6 Å². The zero-order chi connectivity index (χ0) is 13.0. The Morgan fingerprint density at radius 2 is 2.06 bits per heavy atom. The van der Waals surface area contributed by atoms with Crippen LogP contribution in [0.1, 0.15) is 19.4 Å². The second-order valence-corrected chi connectivity index (χ2v) is 4.81. The van der Waals surface area contributed by atoms with E-state index in [0.29, 0.717) is 11.6 Å². The van der Waals surface area contributed by atoms with Gasteiger partial charge in [0, 0.05) is 6.20 Å². The molecule has 18 heavy (non-hydrogen) atoms. The molecule has 0 saturated heterocycles. The molecular weight excluding hydrogens is 220 g/mol. The molecule has 0 unspecified atom stereocenters. The van der Waals surface area contributed by atoms with E-state index in [2.05, 4.69) is 35.8 Å². The number of benzene rings is 1. The molecule has 0 aliphatic rings. The Kier molecular flexibility index (Phi) is 3.74. The summed E-state index contributed by atoms with van der Waals surface area (Å²) in [6.07, 6.45) is 2.90. The van der Waals surface area contributed by atoms with Crippen LogP contribution in [0.15, 0.2) is 42.6 Å². The lowest BCUT2D eigenvalue weighted by atomic mass is 10.0. The molecule has 1 heterocycles. The maximum Gasteiger partial charge on any atom is 0.187 e. The number of hydrogen-bond donors (Lipinski definition) is 0. The summed E-state index contributed by atoms with van der Waals surface area (Å²) in [5, 5.41) is 0. The number of pyridine rings is 1. The summed E-state index contributed by atoms with van der Waals surface area (Å²) in [5.41, 5.74) is 3.90. The SMILES string of the molecule is [C-]#[N+]c1cccc(-c2cc(CC(C)C)ccn2)c1. The Labute approximate surface area is 108 Å². The van der Waals surface area contributed by atoms with Gasteiger partial charge in [-0.05, 0) is 41.7 Å². The third kappa shape index (κ3) is 2.95. The first-order valence-electron chi connectivity index (χ1n) is 6.12. The molecule has 90 valence electrons. The van der Waals surface area contributed by atoms with Crippen molar-refractivity contribution >= 4 is 5.69 Å². The number of nitrogens with zero attached hydrogens (tertiary/aromatic N) is 2. The summed E-state index contributed by atoms with van der Waals surface area (Å²) in [5.74, 6) is 0.634. The highest BCUT2D eigenvalue weighted by atomic mass is 14.7. The summed E-state index contributed by atoms with van der Waals surface area (Å²) in [7, 11) is 0. The quantitative estimate of drug-likeness (QED) is 0.717. The molecule has 2 rings (SSSR count). The van der Waals surface area contributed by atoms with Gasteiger partial charge in [0.2, 0.25) is 0 Å². The van der Waals surface area contributed by atoms with Gasteiger partial charge in [0.05, 0.1) is 12.3 Å². The maximum atomic E-state index is 7.04. The van der Waals surface area contributed by atoms with E-state index in [-0.39, 0.29) is 0 Å². The van der Waals surface area contributed by atoms with Crippen molar-refractivity contribution in [1.82, 2.24) is 4.98 Å². The standard InChI is InChI=1S/C16H16N2/c1-12(2)9-13-7-8-18-16(10-13)14-5-4-6-15(11-14)17-3/h4-8,10-12H,9H2,1-2H3. The normalized spacial score (nSPS) is 10.3. The van der Waals surface area contributed by atoms with Crippen LogP contribution >= 0.6 is 0 Å². The van der Waals surface area contributed by atoms with Gasteiger partial charge in [-0.15, -0.1) is 0 Å². The van der Waals surface area contributed by atoms with E-state index >= 15 is 0 Å². The van der Waals surface area contributed by atoms with Crippen LogP contribution in [0, 0.1) is 12.5 Å². The average Bonchev–Trinajstić information content (AvgIpc) is 2.38. The Balaban J connectivity index is 2.35. The molecule has 0 aliphatic carbocycles. The molecule has 0 aliphatic heterocycles. The monoisotopic (exact) mass is 236 g/mol. The van der Waals surface area contributed by atoms with Crippen LogP contribution < -0.4 is 0 Å². The minimum Gasteiger partial charge on any atom is -0.256 e. The summed E-state index contributed by atoms with van der Waals surface area (Å²) in [6.45, 7) is 11.5. The third-order valence-electron chi connectivity index (χ3n) is 2.74. The summed E-state index contributed by atoms with van der Waals surface area (Å²) in [6, 6.07) is 11.8. The number of hydrogen-bond acceptors (Lipinski definition) is 1. The lowest BCUT2D eigenvalue weighted by Gasteiger charge is -2.07. The van der Waals surface area contributed by atoms with Crippen LogP contribution in [0.25, 0.3) is 16.1 Å². The summed E-state index contributed by atoms with van der Waals surface area (Å²) >= 11 is 0. The highest BCUT2D eigenvalue weighted by Crippen LogP contribution is 2.23. The van der Waals surface area contributed by atoms with E-state index in [1.165, 1.54) is 5.56 Å². The van der Waals surface area contributed by atoms with Crippen LogP contribution in [-0.2, 0) is 6.42 Å². The molecule has 2 nitrogen and oxygen atoms in total. The minimum atomic E-state index is 0.634. The molecule has 2 aromatic rings. The fourth-order valence-electron chi connectivity index (χ4n) is 1.97. The second kappa shape index (κ2) is 5.46. The fraction of sp³-hybridized carbons (Fsp3) is 0.250.